The van der Waals surface area contributed by atoms with Crippen LogP contribution in [0.25, 0.3) is 0 Å². The highest BCUT2D eigenvalue weighted by atomic mass is 16.3. The highest BCUT2D eigenvalue weighted by molar-refractivity contribution is 6.04. The summed E-state index contributed by atoms with van der Waals surface area (Å²) in [6, 6.07) is 22.6. The molecule has 120 valence electrons. The molecular formula is C21H19NO2. The fraction of sp³-hybridized carbons (Fsp3) is 0.0952. The summed E-state index contributed by atoms with van der Waals surface area (Å²) in [7, 11) is 0. The number of rotatable bonds is 4. The molecular weight excluding hydrogens is 298 g/mol. The standard InChI is InChI=1S/C21H19NO2/c1-15-7-9-18(10-8-15)21(24)22-19-12-17(13-20(23)14-19)11-16-5-3-2-4-6-16/h2-10,12-14,23H,11H2,1H3,(H,22,24). The quantitative estimate of drug-likeness (QED) is 0.742. The molecule has 24 heavy (non-hydrogen) atoms. The maximum absolute atomic E-state index is 12.3. The SMILES string of the molecule is Cc1ccc(C(=O)Nc2cc(O)cc(Cc3ccccc3)c2)cc1. The average molecular weight is 317 g/mol. The number of aryl methyl sites for hydroxylation is 1. The first-order chi connectivity index (χ1) is 11.6. The van der Waals surface area contributed by atoms with Crippen LogP contribution in [0.4, 0.5) is 5.69 Å². The molecule has 0 aliphatic heterocycles. The van der Waals surface area contributed by atoms with Gasteiger partial charge in [0.05, 0.1) is 0 Å². The van der Waals surface area contributed by atoms with Gasteiger partial charge in [0.25, 0.3) is 5.91 Å². The molecule has 3 rings (SSSR count). The van der Waals surface area contributed by atoms with Gasteiger partial charge in [-0.2, -0.15) is 0 Å². The summed E-state index contributed by atoms with van der Waals surface area (Å²) in [5.74, 6) is -0.0473. The Morgan fingerprint density at radius 1 is 0.917 bits per heavy atom. The lowest BCUT2D eigenvalue weighted by molar-refractivity contribution is 0.102. The zero-order valence-electron chi connectivity index (χ0n) is 13.5. The number of benzene rings is 3. The van der Waals surface area contributed by atoms with Gasteiger partial charge in [-0.15, -0.1) is 0 Å². The van der Waals surface area contributed by atoms with Crippen LogP contribution in [0, 0.1) is 6.92 Å². The van der Waals surface area contributed by atoms with Crippen molar-refractivity contribution in [3.05, 3.63) is 95.1 Å². The molecule has 0 heterocycles. The van der Waals surface area contributed by atoms with Crippen molar-refractivity contribution < 1.29 is 9.90 Å². The van der Waals surface area contributed by atoms with E-state index in [1.165, 1.54) is 0 Å². The fourth-order valence-corrected chi connectivity index (χ4v) is 2.59. The lowest BCUT2D eigenvalue weighted by atomic mass is 10.0. The first kappa shape index (κ1) is 15.8. The number of anilines is 1. The molecule has 0 bridgehead atoms. The zero-order valence-corrected chi connectivity index (χ0v) is 13.5. The van der Waals surface area contributed by atoms with Gasteiger partial charge >= 0.3 is 0 Å². The van der Waals surface area contributed by atoms with Crippen molar-refractivity contribution in [1.29, 1.82) is 0 Å². The molecule has 0 fully saturated rings. The van der Waals surface area contributed by atoms with Crippen molar-refractivity contribution in [2.75, 3.05) is 5.32 Å². The van der Waals surface area contributed by atoms with E-state index in [0.717, 1.165) is 16.7 Å². The summed E-state index contributed by atoms with van der Waals surface area (Å²) in [6.07, 6.45) is 0.697. The van der Waals surface area contributed by atoms with Gasteiger partial charge in [0.2, 0.25) is 0 Å². The number of carbonyl (C=O) groups excluding carboxylic acids is 1. The summed E-state index contributed by atoms with van der Waals surface area (Å²) in [4.78, 5) is 12.3. The van der Waals surface area contributed by atoms with Crippen molar-refractivity contribution in [1.82, 2.24) is 0 Å². The number of carbonyl (C=O) groups is 1. The Morgan fingerprint density at radius 2 is 1.62 bits per heavy atom. The Balaban J connectivity index is 1.78. The van der Waals surface area contributed by atoms with Crippen LogP contribution in [-0.4, -0.2) is 11.0 Å². The Morgan fingerprint density at radius 3 is 2.33 bits per heavy atom. The molecule has 0 unspecified atom stereocenters. The molecule has 0 saturated carbocycles. The van der Waals surface area contributed by atoms with Gasteiger partial charge in [0.1, 0.15) is 5.75 Å². The minimum absolute atomic E-state index is 0.141. The first-order valence-corrected chi connectivity index (χ1v) is 7.85. The van der Waals surface area contributed by atoms with E-state index in [1.54, 1.807) is 24.3 Å². The maximum Gasteiger partial charge on any atom is 0.255 e. The van der Waals surface area contributed by atoms with E-state index in [1.807, 2.05) is 55.5 Å². The van der Waals surface area contributed by atoms with Crippen molar-refractivity contribution in [2.45, 2.75) is 13.3 Å². The smallest absolute Gasteiger partial charge is 0.255 e. The van der Waals surface area contributed by atoms with E-state index >= 15 is 0 Å². The first-order valence-electron chi connectivity index (χ1n) is 7.85. The fourth-order valence-electron chi connectivity index (χ4n) is 2.59. The van der Waals surface area contributed by atoms with Gasteiger partial charge in [-0.05, 0) is 48.7 Å². The van der Waals surface area contributed by atoms with E-state index in [0.29, 0.717) is 17.7 Å². The molecule has 3 aromatic carbocycles. The molecule has 0 spiro atoms. The third-order valence-electron chi connectivity index (χ3n) is 3.80. The Bertz CT molecular complexity index is 839. The molecule has 0 aromatic heterocycles. The largest absolute Gasteiger partial charge is 0.508 e. The monoisotopic (exact) mass is 317 g/mol. The third kappa shape index (κ3) is 4.02. The topological polar surface area (TPSA) is 49.3 Å². The van der Waals surface area contributed by atoms with Crippen LogP contribution in [0.2, 0.25) is 0 Å². The summed E-state index contributed by atoms with van der Waals surface area (Å²) in [5, 5.41) is 12.8. The Hall–Kier alpha value is -3.07. The van der Waals surface area contributed by atoms with Crippen molar-refractivity contribution in [3.8, 4) is 5.75 Å². The minimum atomic E-state index is -0.189. The second-order valence-electron chi connectivity index (χ2n) is 5.87. The van der Waals surface area contributed by atoms with Gasteiger partial charge < -0.3 is 10.4 Å². The van der Waals surface area contributed by atoms with Gasteiger partial charge in [-0.3, -0.25) is 4.79 Å². The van der Waals surface area contributed by atoms with Crippen LogP contribution in [0.1, 0.15) is 27.0 Å². The highest BCUT2D eigenvalue weighted by Crippen LogP contribution is 2.22. The molecule has 0 radical (unpaired) electrons. The predicted octanol–water partition coefficient (Wildman–Crippen LogP) is 4.54. The van der Waals surface area contributed by atoms with E-state index in [-0.39, 0.29) is 11.7 Å². The Labute approximate surface area is 141 Å². The lowest BCUT2D eigenvalue weighted by Crippen LogP contribution is -2.12. The van der Waals surface area contributed by atoms with E-state index in [9.17, 15) is 9.90 Å². The highest BCUT2D eigenvalue weighted by Gasteiger charge is 2.08. The minimum Gasteiger partial charge on any atom is -0.508 e. The number of hydrogen-bond donors (Lipinski definition) is 2. The molecule has 0 atom stereocenters. The van der Waals surface area contributed by atoms with E-state index < -0.39 is 0 Å². The van der Waals surface area contributed by atoms with Crippen LogP contribution in [-0.2, 0) is 6.42 Å². The molecule has 0 aliphatic rings. The summed E-state index contributed by atoms with van der Waals surface area (Å²) in [6.45, 7) is 1.98. The molecule has 0 saturated heterocycles. The van der Waals surface area contributed by atoms with Gasteiger partial charge in [-0.25, -0.2) is 0 Å². The van der Waals surface area contributed by atoms with Gasteiger partial charge in [-0.1, -0.05) is 48.0 Å². The van der Waals surface area contributed by atoms with Crippen molar-refractivity contribution >= 4 is 11.6 Å². The molecule has 3 aromatic rings. The summed E-state index contributed by atoms with van der Waals surface area (Å²) < 4.78 is 0. The normalized spacial score (nSPS) is 10.4. The second kappa shape index (κ2) is 7.01. The van der Waals surface area contributed by atoms with Gasteiger partial charge in [0, 0.05) is 17.3 Å². The van der Waals surface area contributed by atoms with Crippen LogP contribution in [0.15, 0.2) is 72.8 Å². The maximum atomic E-state index is 12.3. The van der Waals surface area contributed by atoms with Gasteiger partial charge in [0.15, 0.2) is 0 Å². The second-order valence-corrected chi connectivity index (χ2v) is 5.87. The van der Waals surface area contributed by atoms with Crippen LogP contribution in [0.3, 0.4) is 0 Å². The molecule has 1 amide bonds. The molecule has 0 aliphatic carbocycles. The number of amides is 1. The van der Waals surface area contributed by atoms with Crippen LogP contribution < -0.4 is 5.32 Å². The van der Waals surface area contributed by atoms with Crippen LogP contribution >= 0.6 is 0 Å². The van der Waals surface area contributed by atoms with Crippen molar-refractivity contribution in [3.63, 3.8) is 0 Å². The van der Waals surface area contributed by atoms with E-state index in [2.05, 4.69) is 5.32 Å². The third-order valence-corrected chi connectivity index (χ3v) is 3.80. The summed E-state index contributed by atoms with van der Waals surface area (Å²) in [5.41, 5.74) is 4.38. The molecule has 3 nitrogen and oxygen atoms in total. The van der Waals surface area contributed by atoms with E-state index in [4.69, 9.17) is 0 Å². The number of hydrogen-bond acceptors (Lipinski definition) is 2. The molecule has 3 heteroatoms. The lowest BCUT2D eigenvalue weighted by Gasteiger charge is -2.09. The number of nitrogens with one attached hydrogen (secondary N) is 1. The number of aromatic hydroxyl groups is 1. The summed E-state index contributed by atoms with van der Waals surface area (Å²) >= 11 is 0. The predicted molar refractivity (Wildman–Crippen MR) is 96.5 cm³/mol. The number of phenolic OH excluding ortho intramolecular Hbond substituents is 1. The van der Waals surface area contributed by atoms with Crippen molar-refractivity contribution in [2.24, 2.45) is 0 Å². The Kier molecular flexibility index (Phi) is 4.62. The molecule has 2 N–H and O–H groups in total. The average Bonchev–Trinajstić information content (AvgIpc) is 2.55. The number of phenols is 1. The zero-order chi connectivity index (χ0) is 16.9. The van der Waals surface area contributed by atoms with Crippen LogP contribution in [0.5, 0.6) is 5.75 Å².